The van der Waals surface area contributed by atoms with Crippen LogP contribution in [0.4, 0.5) is 11.8 Å². The maximum atomic E-state index is 5.45. The molecular formula is C27H41N5O. The molecule has 0 amide bonds. The van der Waals surface area contributed by atoms with Gasteiger partial charge in [-0.25, -0.2) is 4.98 Å². The largest absolute Gasteiger partial charge is 0.496 e. The molecule has 0 unspecified atom stereocenters. The van der Waals surface area contributed by atoms with Crippen LogP contribution in [0.1, 0.15) is 66.5 Å². The second-order valence-corrected chi connectivity index (χ2v) is 9.92. The highest BCUT2D eigenvalue weighted by Crippen LogP contribution is 2.31. The third-order valence-corrected chi connectivity index (χ3v) is 7.69. The van der Waals surface area contributed by atoms with E-state index < -0.39 is 0 Å². The van der Waals surface area contributed by atoms with Gasteiger partial charge in [0.15, 0.2) is 0 Å². The van der Waals surface area contributed by atoms with Gasteiger partial charge in [0.2, 0.25) is 5.95 Å². The molecule has 0 radical (unpaired) electrons. The van der Waals surface area contributed by atoms with Crippen LogP contribution in [0.25, 0.3) is 0 Å². The Kier molecular flexibility index (Phi) is 7.74. The molecule has 180 valence electrons. The van der Waals surface area contributed by atoms with Crippen molar-refractivity contribution in [3.8, 4) is 5.75 Å². The molecule has 1 heterocycles. The monoisotopic (exact) mass is 451 g/mol. The zero-order valence-corrected chi connectivity index (χ0v) is 21.1. The van der Waals surface area contributed by atoms with Crippen molar-refractivity contribution in [3.63, 3.8) is 0 Å². The Bertz CT molecular complexity index is 935. The van der Waals surface area contributed by atoms with Crippen molar-refractivity contribution in [1.29, 1.82) is 0 Å². The minimum Gasteiger partial charge on any atom is -0.496 e. The third kappa shape index (κ3) is 5.43. The standard InChI is InChI=1S/C27H41N5O/c1-18-15-25(33-5)19(2)14-21(18)17-29-16-20-10-12-22(13-11-20)32(4)27-30-24-9-7-6-8-23(24)26(28-3)31-27/h14-15,20,22,29H,6-13,16-17H2,1-5H3,(H,28,30,31). The Morgan fingerprint density at radius 3 is 2.52 bits per heavy atom. The maximum Gasteiger partial charge on any atom is 0.227 e. The third-order valence-electron chi connectivity index (χ3n) is 7.69. The van der Waals surface area contributed by atoms with Crippen molar-refractivity contribution in [2.24, 2.45) is 5.92 Å². The summed E-state index contributed by atoms with van der Waals surface area (Å²) < 4.78 is 5.45. The van der Waals surface area contributed by atoms with Crippen LogP contribution in [-0.4, -0.2) is 43.8 Å². The van der Waals surface area contributed by atoms with E-state index in [1.165, 1.54) is 66.5 Å². The Morgan fingerprint density at radius 1 is 1.03 bits per heavy atom. The van der Waals surface area contributed by atoms with Crippen LogP contribution < -0.4 is 20.3 Å². The van der Waals surface area contributed by atoms with Gasteiger partial charge in [0.05, 0.1) is 12.8 Å². The first kappa shape index (κ1) is 23.8. The molecule has 1 aromatic heterocycles. The number of ether oxygens (including phenoxy) is 1. The summed E-state index contributed by atoms with van der Waals surface area (Å²) in [5.74, 6) is 3.64. The molecule has 6 nitrogen and oxygen atoms in total. The van der Waals surface area contributed by atoms with E-state index in [1.807, 2.05) is 7.05 Å². The van der Waals surface area contributed by atoms with Crippen LogP contribution in [0.2, 0.25) is 0 Å². The van der Waals surface area contributed by atoms with Crippen molar-refractivity contribution < 1.29 is 4.74 Å². The fraction of sp³-hybridized carbons (Fsp3) is 0.630. The van der Waals surface area contributed by atoms with Crippen molar-refractivity contribution in [3.05, 3.63) is 40.1 Å². The predicted molar refractivity (Wildman–Crippen MR) is 137 cm³/mol. The molecule has 0 atom stereocenters. The molecule has 1 fully saturated rings. The van der Waals surface area contributed by atoms with Gasteiger partial charge in [-0.3, -0.25) is 0 Å². The van der Waals surface area contributed by atoms with Crippen LogP contribution in [0.3, 0.4) is 0 Å². The number of anilines is 2. The van der Waals surface area contributed by atoms with Crippen molar-refractivity contribution in [1.82, 2.24) is 15.3 Å². The SMILES string of the molecule is CNc1nc(N(C)C2CCC(CNCc3cc(C)c(OC)cc3C)CC2)nc2c1CCCC2. The lowest BCUT2D eigenvalue weighted by Gasteiger charge is -2.35. The van der Waals surface area contributed by atoms with E-state index in [0.717, 1.165) is 49.4 Å². The van der Waals surface area contributed by atoms with Gasteiger partial charge in [0, 0.05) is 32.2 Å². The fourth-order valence-electron chi connectivity index (χ4n) is 5.52. The highest BCUT2D eigenvalue weighted by molar-refractivity contribution is 5.52. The smallest absolute Gasteiger partial charge is 0.227 e. The van der Waals surface area contributed by atoms with Crippen LogP contribution in [0.15, 0.2) is 12.1 Å². The molecule has 6 heteroatoms. The number of fused-ring (bicyclic) bond motifs is 1. The van der Waals surface area contributed by atoms with E-state index in [1.54, 1.807) is 7.11 Å². The number of nitrogens with zero attached hydrogens (tertiary/aromatic N) is 3. The number of hydrogen-bond acceptors (Lipinski definition) is 6. The molecule has 0 bridgehead atoms. The summed E-state index contributed by atoms with van der Waals surface area (Å²) in [7, 11) is 5.90. The summed E-state index contributed by atoms with van der Waals surface area (Å²) in [6, 6.07) is 4.93. The number of hydrogen-bond donors (Lipinski definition) is 2. The first-order chi connectivity index (χ1) is 16.0. The number of nitrogens with one attached hydrogen (secondary N) is 2. The van der Waals surface area contributed by atoms with E-state index in [9.17, 15) is 0 Å². The lowest BCUT2D eigenvalue weighted by molar-refractivity contribution is 0.307. The van der Waals surface area contributed by atoms with Gasteiger partial charge in [0.25, 0.3) is 0 Å². The summed E-state index contributed by atoms with van der Waals surface area (Å²) in [5, 5.41) is 7.03. The van der Waals surface area contributed by atoms with Crippen LogP contribution in [0.5, 0.6) is 5.75 Å². The second-order valence-electron chi connectivity index (χ2n) is 9.92. The van der Waals surface area contributed by atoms with Gasteiger partial charge in [-0.2, -0.15) is 4.98 Å². The lowest BCUT2D eigenvalue weighted by atomic mass is 9.85. The van der Waals surface area contributed by atoms with Gasteiger partial charge in [-0.05, 0) is 100 Å². The first-order valence-corrected chi connectivity index (χ1v) is 12.6. The normalized spacial score (nSPS) is 20.3. The molecule has 2 N–H and O–H groups in total. The van der Waals surface area contributed by atoms with Gasteiger partial charge < -0.3 is 20.3 Å². The van der Waals surface area contributed by atoms with E-state index in [2.05, 4.69) is 48.6 Å². The van der Waals surface area contributed by atoms with Crippen molar-refractivity contribution in [2.45, 2.75) is 77.8 Å². The van der Waals surface area contributed by atoms with Gasteiger partial charge >= 0.3 is 0 Å². The second kappa shape index (κ2) is 10.7. The molecule has 2 aromatic rings. The Labute approximate surface area is 199 Å². The van der Waals surface area contributed by atoms with E-state index in [4.69, 9.17) is 14.7 Å². The van der Waals surface area contributed by atoms with E-state index in [0.29, 0.717) is 6.04 Å². The molecule has 33 heavy (non-hydrogen) atoms. The molecule has 0 aliphatic heterocycles. The molecule has 0 spiro atoms. The summed E-state index contributed by atoms with van der Waals surface area (Å²) in [4.78, 5) is 12.2. The number of aryl methyl sites for hydroxylation is 3. The zero-order valence-electron chi connectivity index (χ0n) is 21.1. The molecule has 1 aromatic carbocycles. The highest BCUT2D eigenvalue weighted by atomic mass is 16.5. The summed E-state index contributed by atoms with van der Waals surface area (Å²) in [6.45, 7) is 6.29. The maximum absolute atomic E-state index is 5.45. The zero-order chi connectivity index (χ0) is 23.4. The average Bonchev–Trinajstić information content (AvgIpc) is 2.85. The van der Waals surface area contributed by atoms with Crippen LogP contribution in [-0.2, 0) is 19.4 Å². The molecule has 2 aliphatic rings. The number of methoxy groups -OCH3 is 1. The Morgan fingerprint density at radius 2 is 1.79 bits per heavy atom. The molecule has 4 rings (SSSR count). The Balaban J connectivity index is 1.29. The van der Waals surface area contributed by atoms with E-state index in [-0.39, 0.29) is 0 Å². The molecule has 2 aliphatic carbocycles. The van der Waals surface area contributed by atoms with Crippen molar-refractivity contribution >= 4 is 11.8 Å². The minimum absolute atomic E-state index is 0.527. The lowest BCUT2D eigenvalue weighted by Crippen LogP contribution is -2.38. The fourth-order valence-corrected chi connectivity index (χ4v) is 5.52. The summed E-state index contributed by atoms with van der Waals surface area (Å²) in [6.07, 6.45) is 9.60. The quantitative estimate of drug-likeness (QED) is 0.601. The number of rotatable bonds is 8. The highest BCUT2D eigenvalue weighted by Gasteiger charge is 2.27. The summed E-state index contributed by atoms with van der Waals surface area (Å²) in [5.41, 5.74) is 6.45. The molecule has 0 saturated heterocycles. The molecule has 1 saturated carbocycles. The Hall–Kier alpha value is -2.34. The minimum atomic E-state index is 0.527. The summed E-state index contributed by atoms with van der Waals surface area (Å²) >= 11 is 0. The number of aromatic nitrogens is 2. The first-order valence-electron chi connectivity index (χ1n) is 12.6. The molecular weight excluding hydrogens is 410 g/mol. The topological polar surface area (TPSA) is 62.3 Å². The van der Waals surface area contributed by atoms with Gasteiger partial charge in [0.1, 0.15) is 11.6 Å². The van der Waals surface area contributed by atoms with Gasteiger partial charge in [-0.1, -0.05) is 6.07 Å². The van der Waals surface area contributed by atoms with Crippen LogP contribution >= 0.6 is 0 Å². The van der Waals surface area contributed by atoms with Crippen LogP contribution in [0, 0.1) is 19.8 Å². The predicted octanol–water partition coefficient (Wildman–Crippen LogP) is 4.81. The van der Waals surface area contributed by atoms with Crippen molar-refractivity contribution in [2.75, 3.05) is 38.0 Å². The van der Waals surface area contributed by atoms with Gasteiger partial charge in [-0.15, -0.1) is 0 Å². The average molecular weight is 452 g/mol. The van der Waals surface area contributed by atoms with E-state index >= 15 is 0 Å². The number of benzene rings is 1.